The second-order valence-corrected chi connectivity index (χ2v) is 5.37. The minimum atomic E-state index is -0.330. The predicted molar refractivity (Wildman–Crippen MR) is 68.0 cm³/mol. The van der Waals surface area contributed by atoms with Crippen LogP contribution in [0.4, 0.5) is 0 Å². The highest BCUT2D eigenvalue weighted by Gasteiger charge is 2.39. The highest BCUT2D eigenvalue weighted by atomic mass is 16.2. The third kappa shape index (κ3) is 2.75. The highest BCUT2D eigenvalue weighted by molar-refractivity contribution is 5.91. The van der Waals surface area contributed by atoms with E-state index in [1.165, 1.54) is 0 Å². The number of hydrogen-bond acceptors (Lipinski definition) is 3. The number of hydrogen-bond donors (Lipinski definition) is 0. The van der Waals surface area contributed by atoms with E-state index in [2.05, 4.69) is 4.98 Å². The van der Waals surface area contributed by atoms with Gasteiger partial charge in [0.2, 0.25) is 5.91 Å². The number of carbonyl (C=O) groups excluding carboxylic acids is 2. The van der Waals surface area contributed by atoms with Crippen molar-refractivity contribution in [1.29, 1.82) is 0 Å². The van der Waals surface area contributed by atoms with Gasteiger partial charge in [0.15, 0.2) is 5.78 Å². The van der Waals surface area contributed by atoms with Crippen molar-refractivity contribution >= 4 is 11.7 Å². The summed E-state index contributed by atoms with van der Waals surface area (Å²) in [6.45, 7) is 4.15. The smallest absolute Gasteiger partial charge is 0.223 e. The predicted octanol–water partition coefficient (Wildman–Crippen LogP) is 1.59. The Kier molecular flexibility index (Phi) is 3.45. The summed E-state index contributed by atoms with van der Waals surface area (Å²) in [5.41, 5.74) is 0.720. The Labute approximate surface area is 107 Å². The molecule has 0 spiro atoms. The topological polar surface area (TPSA) is 50.3 Å². The number of pyridine rings is 1. The lowest BCUT2D eigenvalue weighted by Crippen LogP contribution is -2.42. The first-order valence-electron chi connectivity index (χ1n) is 6.20. The molecule has 1 aromatic rings. The molecule has 96 valence electrons. The lowest BCUT2D eigenvalue weighted by Gasteiger charge is -2.30. The van der Waals surface area contributed by atoms with E-state index >= 15 is 0 Å². The summed E-state index contributed by atoms with van der Waals surface area (Å²) in [5.74, 6) is 0.199. The standard InChI is InChI=1S/C14H18N2O2/c1-14(2)8-12(17)10-16(14)13(18)6-5-11-4-3-7-15-9-11/h3-4,7,9H,5-6,8,10H2,1-2H3. The van der Waals surface area contributed by atoms with E-state index < -0.39 is 0 Å². The first kappa shape index (κ1) is 12.7. The van der Waals surface area contributed by atoms with Crippen molar-refractivity contribution in [3.05, 3.63) is 30.1 Å². The zero-order valence-corrected chi connectivity index (χ0v) is 10.8. The van der Waals surface area contributed by atoms with Crippen molar-refractivity contribution in [2.45, 2.75) is 38.6 Å². The fourth-order valence-electron chi connectivity index (χ4n) is 2.38. The molecule has 0 N–H and O–H groups in total. The molecule has 0 aliphatic carbocycles. The monoisotopic (exact) mass is 246 g/mol. The molecule has 0 radical (unpaired) electrons. The van der Waals surface area contributed by atoms with Gasteiger partial charge in [-0.2, -0.15) is 0 Å². The molecule has 0 unspecified atom stereocenters. The van der Waals surface area contributed by atoms with E-state index in [0.29, 0.717) is 19.3 Å². The van der Waals surface area contributed by atoms with Crippen LogP contribution >= 0.6 is 0 Å². The van der Waals surface area contributed by atoms with Crippen molar-refractivity contribution in [3.63, 3.8) is 0 Å². The summed E-state index contributed by atoms with van der Waals surface area (Å²) in [5, 5.41) is 0. The number of aryl methyl sites for hydroxylation is 1. The number of rotatable bonds is 3. The van der Waals surface area contributed by atoms with E-state index in [1.54, 1.807) is 17.3 Å². The van der Waals surface area contributed by atoms with E-state index in [9.17, 15) is 9.59 Å². The minimum Gasteiger partial charge on any atom is -0.330 e. The van der Waals surface area contributed by atoms with Crippen LogP contribution in [0, 0.1) is 0 Å². The van der Waals surface area contributed by atoms with Crippen molar-refractivity contribution < 1.29 is 9.59 Å². The first-order valence-corrected chi connectivity index (χ1v) is 6.20. The molecule has 4 nitrogen and oxygen atoms in total. The lowest BCUT2D eigenvalue weighted by molar-refractivity contribution is -0.135. The fourth-order valence-corrected chi connectivity index (χ4v) is 2.38. The van der Waals surface area contributed by atoms with Crippen molar-refractivity contribution in [2.24, 2.45) is 0 Å². The SMILES string of the molecule is CC1(C)CC(=O)CN1C(=O)CCc1cccnc1. The van der Waals surface area contributed by atoms with E-state index in [1.807, 2.05) is 26.0 Å². The summed E-state index contributed by atoms with van der Waals surface area (Å²) < 4.78 is 0. The molecule has 1 aromatic heterocycles. The van der Waals surface area contributed by atoms with E-state index in [0.717, 1.165) is 5.56 Å². The summed E-state index contributed by atoms with van der Waals surface area (Å²) in [4.78, 5) is 29.3. The van der Waals surface area contributed by atoms with Gasteiger partial charge >= 0.3 is 0 Å². The Morgan fingerprint density at radius 3 is 2.83 bits per heavy atom. The van der Waals surface area contributed by atoms with Crippen molar-refractivity contribution in [1.82, 2.24) is 9.88 Å². The Balaban J connectivity index is 1.95. The molecule has 0 atom stereocenters. The maximum atomic E-state index is 12.1. The molecule has 0 bridgehead atoms. The molecule has 0 saturated carbocycles. The Bertz CT molecular complexity index is 454. The van der Waals surface area contributed by atoms with Crippen LogP contribution in [-0.2, 0) is 16.0 Å². The summed E-state index contributed by atoms with van der Waals surface area (Å²) >= 11 is 0. The largest absolute Gasteiger partial charge is 0.330 e. The minimum absolute atomic E-state index is 0.0507. The highest BCUT2D eigenvalue weighted by Crippen LogP contribution is 2.26. The average Bonchev–Trinajstić information content (AvgIpc) is 2.61. The van der Waals surface area contributed by atoms with Crippen molar-refractivity contribution in [3.8, 4) is 0 Å². The van der Waals surface area contributed by atoms with Gasteiger partial charge in [-0.15, -0.1) is 0 Å². The quantitative estimate of drug-likeness (QED) is 0.814. The average molecular weight is 246 g/mol. The van der Waals surface area contributed by atoms with Gasteiger partial charge in [-0.25, -0.2) is 0 Å². The Morgan fingerprint density at radius 1 is 1.50 bits per heavy atom. The number of aromatic nitrogens is 1. The second kappa shape index (κ2) is 4.88. The molecule has 1 amide bonds. The molecule has 1 saturated heterocycles. The molecule has 4 heteroatoms. The lowest BCUT2D eigenvalue weighted by atomic mass is 10.0. The molecular formula is C14H18N2O2. The van der Waals surface area contributed by atoms with Crippen molar-refractivity contribution in [2.75, 3.05) is 6.54 Å². The van der Waals surface area contributed by atoms with Gasteiger partial charge in [-0.3, -0.25) is 14.6 Å². The van der Waals surface area contributed by atoms with Gasteiger partial charge in [-0.1, -0.05) is 6.07 Å². The fraction of sp³-hybridized carbons (Fsp3) is 0.500. The summed E-state index contributed by atoms with van der Waals surface area (Å²) in [7, 11) is 0. The summed E-state index contributed by atoms with van der Waals surface area (Å²) in [6, 6.07) is 3.82. The molecule has 2 rings (SSSR count). The molecule has 1 fully saturated rings. The van der Waals surface area contributed by atoms with Crippen LogP contribution in [0.2, 0.25) is 0 Å². The van der Waals surface area contributed by atoms with E-state index in [4.69, 9.17) is 0 Å². The van der Waals surface area contributed by atoms with Crippen LogP contribution in [0.3, 0.4) is 0 Å². The van der Waals surface area contributed by atoms with Crippen LogP contribution in [0.1, 0.15) is 32.3 Å². The number of carbonyl (C=O) groups is 2. The number of nitrogens with zero attached hydrogens (tertiary/aromatic N) is 2. The number of ketones is 1. The maximum Gasteiger partial charge on any atom is 0.223 e. The van der Waals surface area contributed by atoms with Gasteiger partial charge in [0.1, 0.15) is 0 Å². The first-order chi connectivity index (χ1) is 8.49. The van der Waals surface area contributed by atoms with E-state index in [-0.39, 0.29) is 23.8 Å². The van der Waals surface area contributed by atoms with Crippen LogP contribution in [0.5, 0.6) is 0 Å². The zero-order valence-electron chi connectivity index (χ0n) is 10.8. The normalized spacial score (nSPS) is 18.1. The third-order valence-electron chi connectivity index (χ3n) is 3.35. The number of likely N-dealkylation sites (tertiary alicyclic amines) is 1. The third-order valence-corrected chi connectivity index (χ3v) is 3.35. The van der Waals surface area contributed by atoms with Crippen LogP contribution in [0.25, 0.3) is 0 Å². The maximum absolute atomic E-state index is 12.1. The molecule has 0 aromatic carbocycles. The molecule has 2 heterocycles. The van der Waals surface area contributed by atoms with Gasteiger partial charge in [0.25, 0.3) is 0 Å². The summed E-state index contributed by atoms with van der Waals surface area (Å²) in [6.07, 6.45) is 5.06. The molecular weight excluding hydrogens is 228 g/mol. The Morgan fingerprint density at radius 2 is 2.28 bits per heavy atom. The molecule has 1 aliphatic rings. The van der Waals surface area contributed by atoms with Crippen LogP contribution in [-0.4, -0.2) is 33.7 Å². The molecule has 1 aliphatic heterocycles. The Hall–Kier alpha value is -1.71. The molecule has 18 heavy (non-hydrogen) atoms. The van der Waals surface area contributed by atoms with Crippen LogP contribution in [0.15, 0.2) is 24.5 Å². The van der Waals surface area contributed by atoms with Gasteiger partial charge in [0, 0.05) is 30.8 Å². The van der Waals surface area contributed by atoms with Gasteiger partial charge in [-0.05, 0) is 31.9 Å². The zero-order chi connectivity index (χ0) is 13.2. The van der Waals surface area contributed by atoms with Gasteiger partial charge < -0.3 is 4.90 Å². The number of amides is 1. The second-order valence-electron chi connectivity index (χ2n) is 5.37. The van der Waals surface area contributed by atoms with Gasteiger partial charge in [0.05, 0.1) is 6.54 Å². The number of Topliss-reactive ketones (excluding diaryl/α,β-unsaturated/α-hetero) is 1. The van der Waals surface area contributed by atoms with Crippen LogP contribution < -0.4 is 0 Å².